The highest BCUT2D eigenvalue weighted by Crippen LogP contribution is 2.29. The molecular weight excluding hydrogens is 190 g/mol. The molecule has 1 atom stereocenters. The van der Waals surface area contributed by atoms with Crippen LogP contribution in [0.4, 0.5) is 0 Å². The van der Waals surface area contributed by atoms with Crippen molar-refractivity contribution in [1.29, 1.82) is 0 Å². The van der Waals surface area contributed by atoms with E-state index in [0.717, 1.165) is 0 Å². The number of aryl methyl sites for hydroxylation is 1. The molecule has 0 amide bonds. The Labute approximate surface area is 90.5 Å². The SMILES string of the molecule is CCCc1ccc(C2CCCCN2)s1. The third-order valence-electron chi connectivity index (χ3n) is 2.83. The average Bonchev–Trinajstić information content (AvgIpc) is 2.68. The van der Waals surface area contributed by atoms with Crippen LogP contribution in [0.3, 0.4) is 0 Å². The van der Waals surface area contributed by atoms with Gasteiger partial charge in [-0.3, -0.25) is 0 Å². The van der Waals surface area contributed by atoms with E-state index < -0.39 is 0 Å². The molecule has 78 valence electrons. The van der Waals surface area contributed by atoms with Gasteiger partial charge in [0.25, 0.3) is 0 Å². The zero-order valence-electron chi connectivity index (χ0n) is 8.88. The molecule has 1 saturated heterocycles. The average molecular weight is 209 g/mol. The molecule has 1 N–H and O–H groups in total. The predicted octanol–water partition coefficient (Wildman–Crippen LogP) is 3.52. The summed E-state index contributed by atoms with van der Waals surface area (Å²) in [4.78, 5) is 3.10. The van der Waals surface area contributed by atoms with Crippen LogP contribution in [0.1, 0.15) is 48.4 Å². The molecule has 2 rings (SSSR count). The minimum Gasteiger partial charge on any atom is -0.309 e. The molecule has 1 fully saturated rings. The summed E-state index contributed by atoms with van der Waals surface area (Å²) in [6.07, 6.45) is 6.57. The molecule has 14 heavy (non-hydrogen) atoms. The number of thiophene rings is 1. The minimum absolute atomic E-state index is 0.652. The van der Waals surface area contributed by atoms with Crippen molar-refractivity contribution in [3.05, 3.63) is 21.9 Å². The van der Waals surface area contributed by atoms with Crippen LogP contribution in [0.25, 0.3) is 0 Å². The maximum atomic E-state index is 3.60. The van der Waals surface area contributed by atoms with Gasteiger partial charge in [-0.15, -0.1) is 11.3 Å². The second-order valence-corrected chi connectivity index (χ2v) is 5.26. The number of rotatable bonds is 3. The molecule has 2 heteroatoms. The molecule has 0 radical (unpaired) electrons. The van der Waals surface area contributed by atoms with Crippen molar-refractivity contribution in [2.24, 2.45) is 0 Å². The van der Waals surface area contributed by atoms with Gasteiger partial charge in [-0.2, -0.15) is 0 Å². The zero-order chi connectivity index (χ0) is 9.80. The summed E-state index contributed by atoms with van der Waals surface area (Å²) in [6.45, 7) is 3.45. The molecule has 1 aliphatic rings. The van der Waals surface area contributed by atoms with Crippen molar-refractivity contribution in [2.75, 3.05) is 6.54 Å². The standard InChI is InChI=1S/C12H19NS/c1-2-5-10-7-8-12(14-10)11-6-3-4-9-13-11/h7-8,11,13H,2-6,9H2,1H3. The van der Waals surface area contributed by atoms with Gasteiger partial charge in [0.15, 0.2) is 0 Å². The highest BCUT2D eigenvalue weighted by molar-refractivity contribution is 7.12. The largest absolute Gasteiger partial charge is 0.309 e. The second kappa shape index (κ2) is 4.94. The molecule has 0 aromatic carbocycles. The summed E-state index contributed by atoms with van der Waals surface area (Å²) in [5, 5.41) is 3.60. The first-order valence-electron chi connectivity index (χ1n) is 5.72. The maximum absolute atomic E-state index is 3.60. The number of hydrogen-bond donors (Lipinski definition) is 1. The van der Waals surface area contributed by atoms with Crippen LogP contribution >= 0.6 is 11.3 Å². The molecule has 0 aliphatic carbocycles. The normalized spacial score (nSPS) is 22.5. The fraction of sp³-hybridized carbons (Fsp3) is 0.667. The fourth-order valence-corrected chi connectivity index (χ4v) is 3.28. The zero-order valence-corrected chi connectivity index (χ0v) is 9.70. The summed E-state index contributed by atoms with van der Waals surface area (Å²) < 4.78 is 0. The first-order valence-corrected chi connectivity index (χ1v) is 6.54. The third-order valence-corrected chi connectivity index (χ3v) is 4.09. The Kier molecular flexibility index (Phi) is 3.60. The molecule has 1 aromatic rings. The van der Waals surface area contributed by atoms with E-state index in [1.54, 1.807) is 9.75 Å². The predicted molar refractivity (Wildman–Crippen MR) is 62.9 cm³/mol. The van der Waals surface area contributed by atoms with Crippen LogP contribution < -0.4 is 5.32 Å². The molecule has 1 aromatic heterocycles. The molecule has 0 bridgehead atoms. The van der Waals surface area contributed by atoms with E-state index in [-0.39, 0.29) is 0 Å². The van der Waals surface area contributed by atoms with Crippen molar-refractivity contribution >= 4 is 11.3 Å². The van der Waals surface area contributed by atoms with Gasteiger partial charge in [-0.05, 0) is 37.9 Å². The quantitative estimate of drug-likeness (QED) is 0.803. The van der Waals surface area contributed by atoms with Gasteiger partial charge in [0, 0.05) is 15.8 Å². The number of piperidine rings is 1. The van der Waals surface area contributed by atoms with Gasteiger partial charge in [-0.1, -0.05) is 19.8 Å². The molecule has 1 unspecified atom stereocenters. The number of hydrogen-bond acceptors (Lipinski definition) is 2. The van der Waals surface area contributed by atoms with Crippen LogP contribution in [0.15, 0.2) is 12.1 Å². The van der Waals surface area contributed by atoms with Crippen molar-refractivity contribution in [3.63, 3.8) is 0 Å². The summed E-state index contributed by atoms with van der Waals surface area (Å²) in [5.41, 5.74) is 0. The summed E-state index contributed by atoms with van der Waals surface area (Å²) in [5.74, 6) is 0. The molecule has 2 heterocycles. The monoisotopic (exact) mass is 209 g/mol. The maximum Gasteiger partial charge on any atom is 0.0414 e. The smallest absolute Gasteiger partial charge is 0.0414 e. The van der Waals surface area contributed by atoms with E-state index in [1.165, 1.54) is 38.6 Å². The van der Waals surface area contributed by atoms with Gasteiger partial charge in [-0.25, -0.2) is 0 Å². The van der Waals surface area contributed by atoms with E-state index >= 15 is 0 Å². The summed E-state index contributed by atoms with van der Waals surface area (Å²) in [7, 11) is 0. The molecule has 1 aliphatic heterocycles. The lowest BCUT2D eigenvalue weighted by Gasteiger charge is -2.22. The van der Waals surface area contributed by atoms with Crippen LogP contribution in [-0.2, 0) is 6.42 Å². The minimum atomic E-state index is 0.652. The van der Waals surface area contributed by atoms with Crippen LogP contribution in [0.5, 0.6) is 0 Å². The molecule has 0 spiro atoms. The van der Waals surface area contributed by atoms with Crippen molar-refractivity contribution in [3.8, 4) is 0 Å². The van der Waals surface area contributed by atoms with Crippen LogP contribution in [0, 0.1) is 0 Å². The van der Waals surface area contributed by atoms with Gasteiger partial charge < -0.3 is 5.32 Å². The summed E-state index contributed by atoms with van der Waals surface area (Å²) in [6, 6.07) is 5.28. The van der Waals surface area contributed by atoms with Crippen molar-refractivity contribution < 1.29 is 0 Å². The summed E-state index contributed by atoms with van der Waals surface area (Å²) >= 11 is 2.00. The van der Waals surface area contributed by atoms with E-state index in [1.807, 2.05) is 11.3 Å². The number of nitrogens with one attached hydrogen (secondary N) is 1. The van der Waals surface area contributed by atoms with Gasteiger partial charge in [0.05, 0.1) is 0 Å². The van der Waals surface area contributed by atoms with E-state index in [9.17, 15) is 0 Å². The lowest BCUT2D eigenvalue weighted by Crippen LogP contribution is -2.25. The second-order valence-electron chi connectivity index (χ2n) is 4.06. The first-order chi connectivity index (χ1) is 6.90. The fourth-order valence-electron chi connectivity index (χ4n) is 2.06. The highest BCUT2D eigenvalue weighted by Gasteiger charge is 2.15. The lowest BCUT2D eigenvalue weighted by atomic mass is 10.0. The van der Waals surface area contributed by atoms with Crippen molar-refractivity contribution in [1.82, 2.24) is 5.32 Å². The molecule has 1 nitrogen and oxygen atoms in total. The van der Waals surface area contributed by atoms with Crippen molar-refractivity contribution in [2.45, 2.75) is 45.1 Å². The Morgan fingerprint density at radius 2 is 2.36 bits per heavy atom. The van der Waals surface area contributed by atoms with E-state index in [4.69, 9.17) is 0 Å². The van der Waals surface area contributed by atoms with Gasteiger partial charge >= 0.3 is 0 Å². The molecular formula is C12H19NS. The van der Waals surface area contributed by atoms with E-state index in [2.05, 4.69) is 24.4 Å². The first kappa shape index (κ1) is 10.2. The Balaban J connectivity index is 2.00. The Bertz CT molecular complexity index is 274. The third kappa shape index (κ3) is 2.37. The Morgan fingerprint density at radius 1 is 1.43 bits per heavy atom. The Hall–Kier alpha value is -0.340. The lowest BCUT2D eigenvalue weighted by molar-refractivity contribution is 0.417. The molecule has 0 saturated carbocycles. The topological polar surface area (TPSA) is 12.0 Å². The van der Waals surface area contributed by atoms with Crippen LogP contribution in [0.2, 0.25) is 0 Å². The van der Waals surface area contributed by atoms with E-state index in [0.29, 0.717) is 6.04 Å². The van der Waals surface area contributed by atoms with Gasteiger partial charge in [0.2, 0.25) is 0 Å². The van der Waals surface area contributed by atoms with Crippen LogP contribution in [-0.4, -0.2) is 6.54 Å². The Morgan fingerprint density at radius 3 is 3.07 bits per heavy atom. The van der Waals surface area contributed by atoms with Gasteiger partial charge in [0.1, 0.15) is 0 Å². The highest BCUT2D eigenvalue weighted by atomic mass is 32.1.